The number of carbonyl (C=O) groups excluding carboxylic acids is 1. The Labute approximate surface area is 91.5 Å². The minimum Gasteiger partial charge on any atom is -0.299 e. The van der Waals surface area contributed by atoms with Gasteiger partial charge in [-0.1, -0.05) is 20.8 Å². The molecule has 0 saturated heterocycles. The van der Waals surface area contributed by atoms with Crippen LogP contribution in [0.2, 0.25) is 0 Å². The smallest absolute Gasteiger partial charge is 0.138 e. The van der Waals surface area contributed by atoms with E-state index in [1.807, 2.05) is 31.5 Å². The fourth-order valence-electron chi connectivity index (χ4n) is 1.47. The molecule has 3 heteroatoms. The summed E-state index contributed by atoms with van der Waals surface area (Å²) < 4.78 is 1.94. The lowest BCUT2D eigenvalue weighted by Gasteiger charge is -2.16. The zero-order chi connectivity index (χ0) is 11.5. The van der Waals surface area contributed by atoms with Gasteiger partial charge in [0.25, 0.3) is 0 Å². The van der Waals surface area contributed by atoms with Gasteiger partial charge in [0, 0.05) is 30.3 Å². The van der Waals surface area contributed by atoms with Crippen molar-refractivity contribution in [2.45, 2.75) is 47.1 Å². The molecule has 0 amide bonds. The highest BCUT2D eigenvalue weighted by atomic mass is 16.1. The first-order chi connectivity index (χ1) is 6.95. The first-order valence-corrected chi connectivity index (χ1v) is 5.49. The second-order valence-electron chi connectivity index (χ2n) is 4.81. The first kappa shape index (κ1) is 12.0. The van der Waals surface area contributed by atoms with Crippen molar-refractivity contribution in [3.8, 4) is 0 Å². The maximum absolute atomic E-state index is 11.7. The Balaban J connectivity index is 2.54. The van der Waals surface area contributed by atoms with Crippen LogP contribution in [0.1, 0.15) is 39.8 Å². The molecule has 0 aromatic carbocycles. The Morgan fingerprint density at radius 1 is 1.47 bits per heavy atom. The summed E-state index contributed by atoms with van der Waals surface area (Å²) in [5.74, 6) is 0.311. The molecule has 0 saturated carbocycles. The van der Waals surface area contributed by atoms with Crippen LogP contribution in [0, 0.1) is 5.41 Å². The molecule has 1 heterocycles. The molecule has 0 aliphatic carbocycles. The molecule has 0 fully saturated rings. The monoisotopic (exact) mass is 208 g/mol. The number of aromatic nitrogens is 2. The summed E-state index contributed by atoms with van der Waals surface area (Å²) in [6.45, 7) is 8.82. The van der Waals surface area contributed by atoms with Crippen molar-refractivity contribution in [3.63, 3.8) is 0 Å². The molecule has 0 N–H and O–H groups in total. The van der Waals surface area contributed by atoms with Gasteiger partial charge in [0.1, 0.15) is 5.78 Å². The van der Waals surface area contributed by atoms with E-state index in [4.69, 9.17) is 0 Å². The van der Waals surface area contributed by atoms with Crippen LogP contribution in [0.15, 0.2) is 12.3 Å². The number of rotatable bonds is 4. The van der Waals surface area contributed by atoms with E-state index in [1.165, 1.54) is 0 Å². The first-order valence-electron chi connectivity index (χ1n) is 5.49. The van der Waals surface area contributed by atoms with Gasteiger partial charge in [-0.3, -0.25) is 9.48 Å². The Hall–Kier alpha value is -1.12. The van der Waals surface area contributed by atoms with Crippen molar-refractivity contribution in [1.82, 2.24) is 9.78 Å². The van der Waals surface area contributed by atoms with E-state index in [-0.39, 0.29) is 5.41 Å². The molecule has 0 unspecified atom stereocenters. The molecule has 1 aromatic rings. The number of nitrogens with zero attached hydrogens (tertiary/aromatic N) is 2. The summed E-state index contributed by atoms with van der Waals surface area (Å²) in [5, 5.41) is 4.18. The van der Waals surface area contributed by atoms with Crippen LogP contribution < -0.4 is 0 Å². The molecule has 15 heavy (non-hydrogen) atoms. The van der Waals surface area contributed by atoms with Crippen LogP contribution in [-0.2, 0) is 17.8 Å². The molecule has 0 spiro atoms. The van der Waals surface area contributed by atoms with Gasteiger partial charge in [-0.15, -0.1) is 0 Å². The Kier molecular flexibility index (Phi) is 3.66. The number of hydrogen-bond donors (Lipinski definition) is 0. The SMILES string of the molecule is CCn1nccc1CCC(=O)C(C)(C)C. The summed E-state index contributed by atoms with van der Waals surface area (Å²) >= 11 is 0. The molecule has 3 nitrogen and oxygen atoms in total. The zero-order valence-corrected chi connectivity index (χ0v) is 10.1. The van der Waals surface area contributed by atoms with Gasteiger partial charge < -0.3 is 0 Å². The zero-order valence-electron chi connectivity index (χ0n) is 10.1. The van der Waals surface area contributed by atoms with Gasteiger partial charge >= 0.3 is 0 Å². The summed E-state index contributed by atoms with van der Waals surface area (Å²) in [7, 11) is 0. The predicted octanol–water partition coefficient (Wildman–Crippen LogP) is 2.45. The lowest BCUT2D eigenvalue weighted by molar-refractivity contribution is -0.126. The predicted molar refractivity (Wildman–Crippen MR) is 60.7 cm³/mol. The number of aryl methyl sites for hydroxylation is 2. The van der Waals surface area contributed by atoms with Crippen LogP contribution in [-0.4, -0.2) is 15.6 Å². The van der Waals surface area contributed by atoms with Crippen molar-refractivity contribution >= 4 is 5.78 Å². The van der Waals surface area contributed by atoms with Gasteiger partial charge in [-0.05, 0) is 19.4 Å². The standard InChI is InChI=1S/C12H20N2O/c1-5-14-10(8-9-13-14)6-7-11(15)12(2,3)4/h8-9H,5-7H2,1-4H3. The van der Waals surface area contributed by atoms with Gasteiger partial charge in [-0.25, -0.2) is 0 Å². The normalized spacial score (nSPS) is 11.7. The van der Waals surface area contributed by atoms with Crippen LogP contribution in [0.5, 0.6) is 0 Å². The average molecular weight is 208 g/mol. The summed E-state index contributed by atoms with van der Waals surface area (Å²) in [4.78, 5) is 11.7. The summed E-state index contributed by atoms with van der Waals surface area (Å²) in [6, 6.07) is 1.99. The Morgan fingerprint density at radius 2 is 2.13 bits per heavy atom. The number of Topliss-reactive ketones (excluding diaryl/α,β-unsaturated/α-hetero) is 1. The maximum atomic E-state index is 11.7. The third kappa shape index (κ3) is 3.18. The van der Waals surface area contributed by atoms with Gasteiger partial charge in [0.2, 0.25) is 0 Å². The summed E-state index contributed by atoms with van der Waals surface area (Å²) in [5.41, 5.74) is 0.923. The minimum atomic E-state index is -0.225. The number of carbonyl (C=O) groups is 1. The molecule has 0 atom stereocenters. The van der Waals surface area contributed by atoms with E-state index in [9.17, 15) is 4.79 Å². The molecule has 1 aromatic heterocycles. The van der Waals surface area contributed by atoms with Crippen molar-refractivity contribution in [2.24, 2.45) is 5.41 Å². The third-order valence-corrected chi connectivity index (χ3v) is 2.55. The van der Waals surface area contributed by atoms with Crippen LogP contribution in [0.3, 0.4) is 0 Å². The summed E-state index contributed by atoms with van der Waals surface area (Å²) in [6.07, 6.45) is 3.19. The van der Waals surface area contributed by atoms with E-state index >= 15 is 0 Å². The lowest BCUT2D eigenvalue weighted by Crippen LogP contribution is -2.20. The fraction of sp³-hybridized carbons (Fsp3) is 0.667. The number of ketones is 1. The Morgan fingerprint density at radius 3 is 2.67 bits per heavy atom. The van der Waals surface area contributed by atoms with Crippen molar-refractivity contribution in [2.75, 3.05) is 0 Å². The van der Waals surface area contributed by atoms with Crippen LogP contribution in [0.25, 0.3) is 0 Å². The van der Waals surface area contributed by atoms with Crippen molar-refractivity contribution in [1.29, 1.82) is 0 Å². The largest absolute Gasteiger partial charge is 0.299 e. The highest BCUT2D eigenvalue weighted by Gasteiger charge is 2.20. The highest BCUT2D eigenvalue weighted by molar-refractivity contribution is 5.83. The third-order valence-electron chi connectivity index (χ3n) is 2.55. The van der Waals surface area contributed by atoms with Gasteiger partial charge in [0.15, 0.2) is 0 Å². The minimum absolute atomic E-state index is 0.225. The molecule has 1 rings (SSSR count). The second-order valence-corrected chi connectivity index (χ2v) is 4.81. The molecular formula is C12H20N2O. The topological polar surface area (TPSA) is 34.9 Å². The van der Waals surface area contributed by atoms with Gasteiger partial charge in [0.05, 0.1) is 0 Å². The molecule has 0 radical (unpaired) electrons. The highest BCUT2D eigenvalue weighted by Crippen LogP contribution is 2.18. The molecule has 0 bridgehead atoms. The van der Waals surface area contributed by atoms with Crippen molar-refractivity contribution in [3.05, 3.63) is 18.0 Å². The fourth-order valence-corrected chi connectivity index (χ4v) is 1.47. The van der Waals surface area contributed by atoms with Crippen LogP contribution >= 0.6 is 0 Å². The number of hydrogen-bond acceptors (Lipinski definition) is 2. The van der Waals surface area contributed by atoms with Gasteiger partial charge in [-0.2, -0.15) is 5.10 Å². The molecular weight excluding hydrogens is 188 g/mol. The quantitative estimate of drug-likeness (QED) is 0.761. The van der Waals surface area contributed by atoms with Crippen LogP contribution in [0.4, 0.5) is 0 Å². The second kappa shape index (κ2) is 4.60. The molecule has 84 valence electrons. The van der Waals surface area contributed by atoms with E-state index < -0.39 is 0 Å². The molecule has 0 aliphatic heterocycles. The lowest BCUT2D eigenvalue weighted by atomic mass is 9.88. The van der Waals surface area contributed by atoms with Crippen molar-refractivity contribution < 1.29 is 4.79 Å². The van der Waals surface area contributed by atoms with E-state index in [1.54, 1.807) is 6.20 Å². The maximum Gasteiger partial charge on any atom is 0.138 e. The molecule has 0 aliphatic rings. The Bertz CT molecular complexity index is 334. The van der Waals surface area contributed by atoms with E-state index in [0.717, 1.165) is 18.7 Å². The average Bonchev–Trinajstić information content (AvgIpc) is 2.59. The van der Waals surface area contributed by atoms with E-state index in [0.29, 0.717) is 12.2 Å². The van der Waals surface area contributed by atoms with E-state index in [2.05, 4.69) is 12.0 Å².